The van der Waals surface area contributed by atoms with Crippen LogP contribution in [0.3, 0.4) is 0 Å². The van der Waals surface area contributed by atoms with Gasteiger partial charge in [0.15, 0.2) is 0 Å². The number of carbonyl (C=O) groups excluding carboxylic acids is 2. The van der Waals surface area contributed by atoms with Gasteiger partial charge >= 0.3 is 0 Å². The molecule has 3 rings (SSSR count). The van der Waals surface area contributed by atoms with Gasteiger partial charge in [0.1, 0.15) is 24.1 Å². The van der Waals surface area contributed by atoms with Crippen LogP contribution in [0.5, 0.6) is 11.5 Å². The lowest BCUT2D eigenvalue weighted by Crippen LogP contribution is -2.53. The number of benzene rings is 3. The summed E-state index contributed by atoms with van der Waals surface area (Å²) in [6, 6.07) is 17.9. The van der Waals surface area contributed by atoms with Crippen LogP contribution in [0.2, 0.25) is 10.0 Å². The van der Waals surface area contributed by atoms with Crippen molar-refractivity contribution in [3.63, 3.8) is 0 Å². The van der Waals surface area contributed by atoms with Gasteiger partial charge in [0.05, 0.1) is 36.2 Å². The van der Waals surface area contributed by atoms with Gasteiger partial charge in [0.25, 0.3) is 0 Å². The predicted molar refractivity (Wildman–Crippen MR) is 171 cm³/mol. The monoisotopic (exact) mass is 649 g/mol. The number of nitrogens with one attached hydrogen (secondary N) is 1. The van der Waals surface area contributed by atoms with Gasteiger partial charge in [-0.25, -0.2) is 8.42 Å². The molecule has 0 unspecified atom stereocenters. The van der Waals surface area contributed by atoms with Crippen molar-refractivity contribution < 1.29 is 27.5 Å². The number of nitrogens with zero attached hydrogens (tertiary/aromatic N) is 2. The van der Waals surface area contributed by atoms with E-state index in [1.807, 2.05) is 44.2 Å². The third kappa shape index (κ3) is 9.51. The summed E-state index contributed by atoms with van der Waals surface area (Å²) in [7, 11) is -1.11. The predicted octanol–water partition coefficient (Wildman–Crippen LogP) is 5.19. The van der Waals surface area contributed by atoms with Crippen molar-refractivity contribution in [3.8, 4) is 11.5 Å². The maximum Gasteiger partial charge on any atom is 0.244 e. The fourth-order valence-electron chi connectivity index (χ4n) is 4.40. The zero-order chi connectivity index (χ0) is 31.7. The first-order valence-electron chi connectivity index (χ1n) is 13.6. The Morgan fingerprint density at radius 1 is 0.907 bits per heavy atom. The molecule has 3 aromatic rings. The largest absolute Gasteiger partial charge is 0.497 e. The van der Waals surface area contributed by atoms with Crippen LogP contribution in [0.15, 0.2) is 66.7 Å². The van der Waals surface area contributed by atoms with Crippen molar-refractivity contribution >= 4 is 50.7 Å². The Bertz CT molecular complexity index is 1520. The number of hydrogen-bond acceptors (Lipinski definition) is 6. The van der Waals surface area contributed by atoms with Gasteiger partial charge in [0.2, 0.25) is 21.8 Å². The molecule has 0 heterocycles. The number of hydrogen-bond donors (Lipinski definition) is 1. The molecule has 0 saturated carbocycles. The van der Waals surface area contributed by atoms with Crippen LogP contribution in [0.1, 0.15) is 25.0 Å². The van der Waals surface area contributed by atoms with Gasteiger partial charge in [-0.15, -0.1) is 0 Å². The molecule has 0 bridgehead atoms. The zero-order valence-corrected chi connectivity index (χ0v) is 27.2. The van der Waals surface area contributed by atoms with E-state index in [2.05, 4.69) is 5.32 Å². The summed E-state index contributed by atoms with van der Waals surface area (Å²) in [6.07, 6.45) is 1.20. The van der Waals surface area contributed by atoms with E-state index in [9.17, 15) is 18.0 Å². The summed E-state index contributed by atoms with van der Waals surface area (Å²) in [5.74, 6) is -0.145. The number of ether oxygens (including phenoxy) is 2. The molecule has 1 atom stereocenters. The molecule has 0 saturated heterocycles. The number of methoxy groups -OCH3 is 2. The van der Waals surface area contributed by atoms with Gasteiger partial charge in [-0.1, -0.05) is 73.4 Å². The maximum atomic E-state index is 14.2. The Labute approximate surface area is 263 Å². The SMILES string of the molecule is COc1ccc(N(CC(=O)N(Cc2ccc(Cl)c(Cl)c2)[C@H](Cc2ccccc2)C(=O)NCC(C)C)S(C)(=O)=O)c(OC)c1. The normalized spacial score (nSPS) is 12.0. The van der Waals surface area contributed by atoms with Crippen LogP contribution in [0.4, 0.5) is 5.69 Å². The first kappa shape index (κ1) is 34.0. The highest BCUT2D eigenvalue weighted by atomic mass is 35.5. The minimum absolute atomic E-state index is 0.0281. The summed E-state index contributed by atoms with van der Waals surface area (Å²) >= 11 is 12.4. The van der Waals surface area contributed by atoms with Crippen molar-refractivity contribution in [2.75, 3.05) is 37.9 Å². The molecular weight excluding hydrogens is 613 g/mol. The highest BCUT2D eigenvalue weighted by Crippen LogP contribution is 2.34. The molecule has 232 valence electrons. The maximum absolute atomic E-state index is 14.2. The van der Waals surface area contributed by atoms with E-state index in [1.165, 1.54) is 31.3 Å². The molecule has 0 radical (unpaired) electrons. The second kappa shape index (κ2) is 15.3. The molecule has 0 aromatic heterocycles. The third-order valence-electron chi connectivity index (χ3n) is 6.63. The Hall–Kier alpha value is -3.47. The average Bonchev–Trinajstić information content (AvgIpc) is 2.97. The van der Waals surface area contributed by atoms with Gasteiger partial charge in [-0.3, -0.25) is 13.9 Å². The molecule has 0 aliphatic heterocycles. The molecule has 9 nitrogen and oxygen atoms in total. The van der Waals surface area contributed by atoms with Gasteiger partial charge < -0.3 is 19.7 Å². The van der Waals surface area contributed by atoms with Crippen LogP contribution >= 0.6 is 23.2 Å². The van der Waals surface area contributed by atoms with Gasteiger partial charge in [-0.05, 0) is 41.3 Å². The van der Waals surface area contributed by atoms with Crippen LogP contribution in [0.25, 0.3) is 0 Å². The van der Waals surface area contributed by atoms with E-state index in [1.54, 1.807) is 24.3 Å². The number of carbonyl (C=O) groups is 2. The quantitative estimate of drug-likeness (QED) is 0.258. The standard InChI is InChI=1S/C31H37Cl2N3O6S/c1-21(2)18-34-31(38)28(16-22-9-7-6-8-10-22)35(19-23-11-13-25(32)26(33)15-23)30(37)20-36(43(5,39)40)27-14-12-24(41-3)17-29(27)42-4/h6-15,17,21,28H,16,18-20H2,1-5H3,(H,34,38)/t28-/m1/s1. The molecular formula is C31H37Cl2N3O6S. The number of rotatable bonds is 14. The van der Waals surface area contributed by atoms with Crippen molar-refractivity contribution in [1.29, 1.82) is 0 Å². The second-order valence-corrected chi connectivity index (χ2v) is 13.1. The third-order valence-corrected chi connectivity index (χ3v) is 8.49. The first-order chi connectivity index (χ1) is 20.3. The van der Waals surface area contributed by atoms with E-state index in [0.717, 1.165) is 16.1 Å². The number of halogens is 2. The smallest absolute Gasteiger partial charge is 0.244 e. The molecule has 0 fully saturated rings. The molecule has 43 heavy (non-hydrogen) atoms. The van der Waals surface area contributed by atoms with Crippen molar-refractivity contribution in [3.05, 3.63) is 87.9 Å². The summed E-state index contributed by atoms with van der Waals surface area (Å²) < 4.78 is 37.8. The topological polar surface area (TPSA) is 105 Å². The van der Waals surface area contributed by atoms with Crippen molar-refractivity contribution in [2.45, 2.75) is 32.9 Å². The lowest BCUT2D eigenvalue weighted by Gasteiger charge is -2.34. The highest BCUT2D eigenvalue weighted by Gasteiger charge is 2.34. The molecule has 2 amide bonds. The molecule has 0 aliphatic carbocycles. The van der Waals surface area contributed by atoms with Crippen LogP contribution in [0, 0.1) is 5.92 Å². The molecule has 3 aromatic carbocycles. The fraction of sp³-hybridized carbons (Fsp3) is 0.355. The van der Waals surface area contributed by atoms with Gasteiger partial charge in [0, 0.05) is 25.6 Å². The second-order valence-electron chi connectivity index (χ2n) is 10.4. The molecule has 1 N–H and O–H groups in total. The first-order valence-corrected chi connectivity index (χ1v) is 16.2. The highest BCUT2D eigenvalue weighted by molar-refractivity contribution is 7.92. The average molecular weight is 651 g/mol. The summed E-state index contributed by atoms with van der Waals surface area (Å²) in [5.41, 5.74) is 1.60. The molecule has 0 spiro atoms. The van der Waals surface area contributed by atoms with E-state index in [0.29, 0.717) is 22.9 Å². The summed E-state index contributed by atoms with van der Waals surface area (Å²) in [5, 5.41) is 3.57. The Morgan fingerprint density at radius 2 is 1.60 bits per heavy atom. The van der Waals surface area contributed by atoms with Crippen molar-refractivity contribution in [2.24, 2.45) is 5.92 Å². The van der Waals surface area contributed by atoms with Crippen LogP contribution < -0.4 is 19.1 Å². The number of amides is 2. The van der Waals surface area contributed by atoms with E-state index >= 15 is 0 Å². The van der Waals surface area contributed by atoms with Crippen LogP contribution in [-0.4, -0.2) is 64.7 Å². The number of anilines is 1. The summed E-state index contributed by atoms with van der Waals surface area (Å²) in [4.78, 5) is 29.3. The molecule has 0 aliphatic rings. The van der Waals surface area contributed by atoms with Crippen LogP contribution in [-0.2, 0) is 32.6 Å². The van der Waals surface area contributed by atoms with E-state index in [4.69, 9.17) is 32.7 Å². The Kier molecular flexibility index (Phi) is 12.1. The zero-order valence-electron chi connectivity index (χ0n) is 24.8. The Morgan fingerprint density at radius 3 is 2.19 bits per heavy atom. The fourth-order valence-corrected chi connectivity index (χ4v) is 5.57. The lowest BCUT2D eigenvalue weighted by molar-refractivity contribution is -0.140. The minimum Gasteiger partial charge on any atom is -0.497 e. The Balaban J connectivity index is 2.10. The van der Waals surface area contributed by atoms with Crippen molar-refractivity contribution in [1.82, 2.24) is 10.2 Å². The lowest BCUT2D eigenvalue weighted by atomic mass is 10.0. The van der Waals surface area contributed by atoms with Gasteiger partial charge in [-0.2, -0.15) is 0 Å². The van der Waals surface area contributed by atoms with E-state index in [-0.39, 0.29) is 41.3 Å². The summed E-state index contributed by atoms with van der Waals surface area (Å²) in [6.45, 7) is 3.72. The number of sulfonamides is 1. The van der Waals surface area contributed by atoms with E-state index < -0.39 is 28.5 Å². The minimum atomic E-state index is -3.98. The molecule has 12 heteroatoms.